The van der Waals surface area contributed by atoms with Crippen molar-refractivity contribution in [1.82, 2.24) is 15.3 Å². The number of nitrogens with zero attached hydrogens (tertiary/aromatic N) is 1. The molecule has 1 unspecified atom stereocenters. The highest BCUT2D eigenvalue weighted by Crippen LogP contribution is 2.41. The molecule has 4 nitrogen and oxygen atoms in total. The van der Waals surface area contributed by atoms with Gasteiger partial charge in [-0.05, 0) is 96.3 Å². The molecule has 2 heterocycles. The molecule has 0 saturated heterocycles. The fourth-order valence-corrected chi connectivity index (χ4v) is 5.55. The topological polar surface area (TPSA) is 66.7 Å². The van der Waals surface area contributed by atoms with Gasteiger partial charge in [-0.1, -0.05) is 68.5 Å². The Morgan fingerprint density at radius 3 is 2.54 bits per heavy atom. The van der Waals surface area contributed by atoms with E-state index in [0.717, 1.165) is 58.5 Å². The summed E-state index contributed by atoms with van der Waals surface area (Å²) in [6.45, 7) is 7.43. The van der Waals surface area contributed by atoms with E-state index in [1.807, 2.05) is 27.1 Å². The van der Waals surface area contributed by atoms with Gasteiger partial charge >= 0.3 is 0 Å². The first-order valence-corrected chi connectivity index (χ1v) is 13.7. The van der Waals surface area contributed by atoms with Crippen molar-refractivity contribution in [2.75, 3.05) is 7.05 Å². The predicted molar refractivity (Wildman–Crippen MR) is 158 cm³/mol. The summed E-state index contributed by atoms with van der Waals surface area (Å²) in [7, 11) is 1.93. The van der Waals surface area contributed by atoms with E-state index in [1.54, 1.807) is 0 Å². The summed E-state index contributed by atoms with van der Waals surface area (Å²) in [4.78, 5) is 8.12. The number of aromatic amines is 1. The Labute approximate surface area is 226 Å². The molecule has 1 aliphatic carbocycles. The van der Waals surface area contributed by atoms with Gasteiger partial charge in [-0.2, -0.15) is 0 Å². The van der Waals surface area contributed by atoms with E-state index < -0.39 is 0 Å². The number of benzene rings is 2. The lowest BCUT2D eigenvalue weighted by atomic mass is 9.91. The van der Waals surface area contributed by atoms with Crippen LogP contribution in [0.4, 0.5) is 0 Å². The van der Waals surface area contributed by atoms with Crippen molar-refractivity contribution in [3.05, 3.63) is 105 Å². The number of nitrogens with two attached hydrogens (primary N) is 1. The fraction of sp³-hybridized carbons (Fsp3) is 0.312. The van der Waals surface area contributed by atoms with Gasteiger partial charge in [0.1, 0.15) is 4.64 Å². The summed E-state index contributed by atoms with van der Waals surface area (Å²) >= 11 is 5.58. The molecule has 0 amide bonds. The maximum atomic E-state index is 5.82. The largest absolute Gasteiger partial charge is 0.346 e. The minimum Gasteiger partial charge on any atom is -0.346 e. The summed E-state index contributed by atoms with van der Waals surface area (Å²) in [5, 5.41) is 3.17. The molecule has 1 atom stereocenters. The van der Waals surface area contributed by atoms with Gasteiger partial charge in [0.2, 0.25) is 0 Å². The van der Waals surface area contributed by atoms with Crippen LogP contribution in [0.1, 0.15) is 59.7 Å². The van der Waals surface area contributed by atoms with Crippen LogP contribution in [-0.2, 0) is 25.9 Å². The number of fused-ring (bicyclic) bond motifs is 1. The van der Waals surface area contributed by atoms with Gasteiger partial charge in [-0.3, -0.25) is 4.98 Å². The number of hydrogen-bond acceptors (Lipinski definition) is 4. The molecular formula is C32H38N4S. The van der Waals surface area contributed by atoms with E-state index in [1.165, 1.54) is 27.8 Å². The van der Waals surface area contributed by atoms with Gasteiger partial charge < -0.3 is 16.0 Å². The summed E-state index contributed by atoms with van der Waals surface area (Å²) in [5.41, 5.74) is 18.2. The molecule has 5 rings (SSSR count). The summed E-state index contributed by atoms with van der Waals surface area (Å²) in [6, 6.07) is 22.0. The van der Waals surface area contributed by atoms with Crippen LogP contribution in [0.15, 0.2) is 66.9 Å². The van der Waals surface area contributed by atoms with Crippen LogP contribution < -0.4 is 11.1 Å². The molecule has 0 spiro atoms. The van der Waals surface area contributed by atoms with Crippen LogP contribution in [0, 0.1) is 11.6 Å². The molecule has 4 N–H and O–H groups in total. The van der Waals surface area contributed by atoms with Crippen LogP contribution in [0.25, 0.3) is 22.4 Å². The van der Waals surface area contributed by atoms with Crippen molar-refractivity contribution in [2.24, 2.45) is 5.73 Å². The Kier molecular flexibility index (Phi) is 9.04. The second-order valence-corrected chi connectivity index (χ2v) is 9.87. The quantitative estimate of drug-likeness (QED) is 0.229. The van der Waals surface area contributed by atoms with Crippen LogP contribution in [0.2, 0.25) is 0 Å². The minimum absolute atomic E-state index is 0.500. The number of hydrogen-bond donors (Lipinski definition) is 3. The molecule has 1 aliphatic rings. The van der Waals surface area contributed by atoms with Crippen molar-refractivity contribution in [1.29, 1.82) is 0 Å². The normalized spacial score (nSPS) is 14.1. The van der Waals surface area contributed by atoms with E-state index >= 15 is 0 Å². The maximum absolute atomic E-state index is 5.82. The zero-order valence-electron chi connectivity index (χ0n) is 22.4. The predicted octanol–water partition coefficient (Wildman–Crippen LogP) is 7.26. The number of nitrogens with one attached hydrogen (secondary N) is 2. The summed E-state index contributed by atoms with van der Waals surface area (Å²) in [6.07, 6.45) is 5.17. The minimum atomic E-state index is 0.500. The summed E-state index contributed by atoms with van der Waals surface area (Å²) in [5.74, 6) is 0.500. The lowest BCUT2D eigenvalue weighted by Crippen LogP contribution is -2.06. The SMILES string of the molecule is CC.CNCc1ccc(-c2cccc(-c3cccc4c3CCC4Cc3cc(C)c(CN)cn3)c2)[nH]c1=S. The standard InChI is InChI=1S/C30H32N4S.C2H6/c1-19-13-25(33-18-24(19)16-31)15-21-9-11-28-26(7-4-8-27(21)28)20-5-3-6-22(14-20)29-12-10-23(17-32-2)30(35)34-29;1-2/h3-8,10,12-14,18,21,32H,9,11,15-17,31H2,1-2H3,(H,34,35);1-2H3. The van der Waals surface area contributed by atoms with Gasteiger partial charge in [0.15, 0.2) is 0 Å². The summed E-state index contributed by atoms with van der Waals surface area (Å²) < 4.78 is 0.786. The second kappa shape index (κ2) is 12.4. The van der Waals surface area contributed by atoms with E-state index in [9.17, 15) is 0 Å². The Morgan fingerprint density at radius 1 is 1.03 bits per heavy atom. The molecule has 0 radical (unpaired) electrons. The molecule has 37 heavy (non-hydrogen) atoms. The lowest BCUT2D eigenvalue weighted by molar-refractivity contribution is 0.662. The number of aromatic nitrogens is 2. The Balaban J connectivity index is 0.00000156. The third kappa shape index (κ3) is 5.90. The number of pyridine rings is 2. The van der Waals surface area contributed by atoms with Gasteiger partial charge in [-0.25, -0.2) is 0 Å². The molecule has 0 fully saturated rings. The first-order chi connectivity index (χ1) is 18.1. The Bertz CT molecular complexity index is 1420. The monoisotopic (exact) mass is 510 g/mol. The second-order valence-electron chi connectivity index (χ2n) is 9.46. The highest BCUT2D eigenvalue weighted by molar-refractivity contribution is 7.71. The third-order valence-electron chi connectivity index (χ3n) is 7.19. The number of aryl methyl sites for hydroxylation is 1. The van der Waals surface area contributed by atoms with Gasteiger partial charge in [-0.15, -0.1) is 0 Å². The third-order valence-corrected chi connectivity index (χ3v) is 7.55. The zero-order chi connectivity index (χ0) is 26.4. The van der Waals surface area contributed by atoms with Gasteiger partial charge in [0, 0.05) is 36.2 Å². The van der Waals surface area contributed by atoms with E-state index in [0.29, 0.717) is 12.5 Å². The molecule has 4 aromatic rings. The van der Waals surface area contributed by atoms with Crippen LogP contribution in [0.3, 0.4) is 0 Å². The highest BCUT2D eigenvalue weighted by atomic mass is 32.1. The first-order valence-electron chi connectivity index (χ1n) is 13.3. The van der Waals surface area contributed by atoms with E-state index in [4.69, 9.17) is 22.9 Å². The maximum Gasteiger partial charge on any atom is 0.108 e. The molecule has 0 saturated carbocycles. The Hall–Kier alpha value is -3.12. The average Bonchev–Trinajstić information content (AvgIpc) is 3.34. The molecule has 192 valence electrons. The Morgan fingerprint density at radius 2 is 1.81 bits per heavy atom. The molecule has 2 aromatic carbocycles. The van der Waals surface area contributed by atoms with E-state index in [2.05, 4.69) is 77.9 Å². The van der Waals surface area contributed by atoms with Gasteiger partial charge in [0.25, 0.3) is 0 Å². The molecular weight excluding hydrogens is 472 g/mol. The van der Waals surface area contributed by atoms with Gasteiger partial charge in [0.05, 0.1) is 0 Å². The van der Waals surface area contributed by atoms with Crippen molar-refractivity contribution >= 4 is 12.2 Å². The van der Waals surface area contributed by atoms with Crippen molar-refractivity contribution in [2.45, 2.75) is 59.0 Å². The van der Waals surface area contributed by atoms with Crippen LogP contribution in [0.5, 0.6) is 0 Å². The molecule has 5 heteroatoms. The zero-order valence-corrected chi connectivity index (χ0v) is 23.2. The van der Waals surface area contributed by atoms with Crippen molar-refractivity contribution < 1.29 is 0 Å². The average molecular weight is 511 g/mol. The van der Waals surface area contributed by atoms with Crippen molar-refractivity contribution in [3.63, 3.8) is 0 Å². The lowest BCUT2D eigenvalue weighted by Gasteiger charge is -2.15. The van der Waals surface area contributed by atoms with E-state index in [-0.39, 0.29) is 0 Å². The fourth-order valence-electron chi connectivity index (χ4n) is 5.30. The molecule has 0 aliphatic heterocycles. The van der Waals surface area contributed by atoms with Crippen molar-refractivity contribution in [3.8, 4) is 22.4 Å². The van der Waals surface area contributed by atoms with Crippen LogP contribution in [-0.4, -0.2) is 17.0 Å². The smallest absolute Gasteiger partial charge is 0.108 e. The molecule has 2 aromatic heterocycles. The first kappa shape index (κ1) is 26.9. The number of rotatable bonds is 7. The number of H-pyrrole nitrogens is 1. The van der Waals surface area contributed by atoms with Crippen LogP contribution >= 0.6 is 12.2 Å². The highest BCUT2D eigenvalue weighted by Gasteiger charge is 2.25. The molecule has 0 bridgehead atoms.